The smallest absolute Gasteiger partial charge is 0.317 e. The summed E-state index contributed by atoms with van der Waals surface area (Å²) in [4.78, 5) is 22.8. The van der Waals surface area contributed by atoms with Gasteiger partial charge < -0.3 is 15.0 Å². The lowest BCUT2D eigenvalue weighted by molar-refractivity contribution is -0.110. The molecule has 1 rings (SSSR count). The van der Waals surface area contributed by atoms with Crippen molar-refractivity contribution in [1.82, 2.24) is 10.2 Å². The summed E-state index contributed by atoms with van der Waals surface area (Å²) < 4.78 is 0. The van der Waals surface area contributed by atoms with Gasteiger partial charge in [-0.15, -0.1) is 0 Å². The average Bonchev–Trinajstić information content (AvgIpc) is 2.37. The van der Waals surface area contributed by atoms with Crippen LogP contribution in [-0.4, -0.2) is 36.9 Å². The van der Waals surface area contributed by atoms with E-state index in [0.717, 1.165) is 12.8 Å². The molecule has 4 nitrogen and oxygen atoms in total. The van der Waals surface area contributed by atoms with Gasteiger partial charge in [0.05, 0.1) is 0 Å². The van der Waals surface area contributed by atoms with Crippen LogP contribution in [0.1, 0.15) is 6.92 Å². The minimum Gasteiger partial charge on any atom is -0.336 e. The first-order chi connectivity index (χ1) is 5.24. The van der Waals surface area contributed by atoms with E-state index in [1.165, 1.54) is 0 Å². The van der Waals surface area contributed by atoms with E-state index in [0.29, 0.717) is 13.1 Å². The maximum absolute atomic E-state index is 10.9. The Kier molecular flexibility index (Phi) is 2.46. The topological polar surface area (TPSA) is 49.4 Å². The summed E-state index contributed by atoms with van der Waals surface area (Å²) in [7, 11) is 0. The van der Waals surface area contributed by atoms with Gasteiger partial charge in [-0.2, -0.15) is 0 Å². The van der Waals surface area contributed by atoms with E-state index in [-0.39, 0.29) is 11.9 Å². The first-order valence-corrected chi connectivity index (χ1v) is 3.72. The molecule has 62 valence electrons. The molecule has 1 fully saturated rings. The van der Waals surface area contributed by atoms with Crippen LogP contribution < -0.4 is 5.32 Å². The van der Waals surface area contributed by atoms with Crippen molar-refractivity contribution in [3.05, 3.63) is 0 Å². The zero-order valence-corrected chi connectivity index (χ0v) is 6.54. The van der Waals surface area contributed by atoms with Crippen LogP contribution in [0.15, 0.2) is 0 Å². The van der Waals surface area contributed by atoms with Crippen LogP contribution in [0.25, 0.3) is 0 Å². The first-order valence-electron chi connectivity index (χ1n) is 3.72. The lowest BCUT2D eigenvalue weighted by Gasteiger charge is -2.15. The van der Waals surface area contributed by atoms with Crippen molar-refractivity contribution in [2.24, 2.45) is 5.92 Å². The molecule has 0 aromatic rings. The normalized spacial score (nSPS) is 19.7. The molecule has 1 atom stereocenters. The number of aldehydes is 1. The Bertz CT molecular complexity index is 170. The molecule has 0 aliphatic carbocycles. The van der Waals surface area contributed by atoms with Crippen LogP contribution in [-0.2, 0) is 4.79 Å². The van der Waals surface area contributed by atoms with E-state index >= 15 is 0 Å². The van der Waals surface area contributed by atoms with Gasteiger partial charge in [-0.1, -0.05) is 6.92 Å². The largest absolute Gasteiger partial charge is 0.336 e. The van der Waals surface area contributed by atoms with Crippen LogP contribution in [0.5, 0.6) is 0 Å². The summed E-state index contributed by atoms with van der Waals surface area (Å²) in [5.41, 5.74) is 0. The van der Waals surface area contributed by atoms with E-state index in [2.05, 4.69) is 5.32 Å². The Hall–Kier alpha value is -1.06. The second kappa shape index (κ2) is 3.37. The molecule has 1 aliphatic heterocycles. The van der Waals surface area contributed by atoms with Gasteiger partial charge in [0.1, 0.15) is 6.29 Å². The first kappa shape index (κ1) is 8.04. The second-order valence-electron chi connectivity index (χ2n) is 2.79. The maximum atomic E-state index is 10.9. The monoisotopic (exact) mass is 156 g/mol. The van der Waals surface area contributed by atoms with E-state index in [4.69, 9.17) is 0 Å². The number of nitrogens with zero attached hydrogens (tertiary/aromatic N) is 1. The molecule has 0 saturated carbocycles. The molecule has 1 saturated heterocycles. The predicted octanol–water partition coefficient (Wildman–Crippen LogP) is -0.153. The number of nitrogens with one attached hydrogen (secondary N) is 1. The number of urea groups is 1. The molecule has 0 aromatic carbocycles. The molecule has 11 heavy (non-hydrogen) atoms. The third-order valence-corrected chi connectivity index (χ3v) is 1.69. The summed E-state index contributed by atoms with van der Waals surface area (Å²) >= 11 is 0. The van der Waals surface area contributed by atoms with E-state index in [9.17, 15) is 9.59 Å². The summed E-state index contributed by atoms with van der Waals surface area (Å²) in [6.45, 7) is 3.76. The van der Waals surface area contributed by atoms with Crippen LogP contribution in [0.2, 0.25) is 0 Å². The highest BCUT2D eigenvalue weighted by atomic mass is 16.2. The lowest BCUT2D eigenvalue weighted by Crippen LogP contribution is -2.32. The van der Waals surface area contributed by atoms with Crippen molar-refractivity contribution in [3.63, 3.8) is 0 Å². The lowest BCUT2D eigenvalue weighted by atomic mass is 10.2. The van der Waals surface area contributed by atoms with Crippen LogP contribution >= 0.6 is 0 Å². The van der Waals surface area contributed by atoms with Gasteiger partial charge in [-0.05, 0) is 0 Å². The number of rotatable bonds is 3. The SMILES string of the molecule is CC(C=O)CN1CCNC1=O. The van der Waals surface area contributed by atoms with E-state index in [1.54, 1.807) is 11.8 Å². The van der Waals surface area contributed by atoms with Crippen molar-refractivity contribution < 1.29 is 9.59 Å². The van der Waals surface area contributed by atoms with Gasteiger partial charge in [0.25, 0.3) is 0 Å². The molecule has 0 spiro atoms. The predicted molar refractivity (Wildman–Crippen MR) is 40.2 cm³/mol. The fraction of sp³-hybridized carbons (Fsp3) is 0.714. The molecular formula is C7H12N2O2. The standard InChI is InChI=1S/C7H12N2O2/c1-6(5-10)4-9-3-2-8-7(9)11/h5-6H,2-4H2,1H3,(H,8,11). The Morgan fingerprint density at radius 3 is 3.00 bits per heavy atom. The van der Waals surface area contributed by atoms with E-state index < -0.39 is 0 Å². The highest BCUT2D eigenvalue weighted by molar-refractivity contribution is 5.76. The summed E-state index contributed by atoms with van der Waals surface area (Å²) in [6.07, 6.45) is 0.867. The number of hydrogen-bond acceptors (Lipinski definition) is 2. The van der Waals surface area contributed by atoms with Gasteiger partial charge in [-0.25, -0.2) is 4.79 Å². The Balaban J connectivity index is 2.36. The van der Waals surface area contributed by atoms with Crippen molar-refractivity contribution in [1.29, 1.82) is 0 Å². The molecule has 1 N–H and O–H groups in total. The molecule has 1 unspecified atom stereocenters. The number of carbonyl (C=O) groups is 2. The third-order valence-electron chi connectivity index (χ3n) is 1.69. The van der Waals surface area contributed by atoms with Crippen molar-refractivity contribution in [2.45, 2.75) is 6.92 Å². The molecule has 2 amide bonds. The van der Waals surface area contributed by atoms with Gasteiger partial charge in [-0.3, -0.25) is 0 Å². The Labute approximate surface area is 65.6 Å². The number of hydrogen-bond donors (Lipinski definition) is 1. The summed E-state index contributed by atoms with van der Waals surface area (Å²) in [5, 5.41) is 2.67. The van der Waals surface area contributed by atoms with Gasteiger partial charge in [0.2, 0.25) is 0 Å². The molecule has 0 aromatic heterocycles. The zero-order chi connectivity index (χ0) is 8.27. The number of carbonyl (C=O) groups excluding carboxylic acids is 2. The highest BCUT2D eigenvalue weighted by Crippen LogP contribution is 2.00. The van der Waals surface area contributed by atoms with Crippen molar-refractivity contribution in [2.75, 3.05) is 19.6 Å². The summed E-state index contributed by atoms with van der Waals surface area (Å²) in [5.74, 6) is -0.0566. The second-order valence-corrected chi connectivity index (χ2v) is 2.79. The van der Waals surface area contributed by atoms with Gasteiger partial charge in [0, 0.05) is 25.6 Å². The van der Waals surface area contributed by atoms with Crippen molar-refractivity contribution in [3.8, 4) is 0 Å². The molecule has 0 bridgehead atoms. The third kappa shape index (κ3) is 1.93. The van der Waals surface area contributed by atoms with Crippen LogP contribution in [0.4, 0.5) is 4.79 Å². The fourth-order valence-electron chi connectivity index (χ4n) is 1.08. The molecule has 1 heterocycles. The highest BCUT2D eigenvalue weighted by Gasteiger charge is 2.20. The Morgan fingerprint density at radius 2 is 2.55 bits per heavy atom. The van der Waals surface area contributed by atoms with Gasteiger partial charge in [0.15, 0.2) is 0 Å². The maximum Gasteiger partial charge on any atom is 0.317 e. The molecule has 1 aliphatic rings. The minimum absolute atomic E-state index is 0.0566. The Morgan fingerprint density at radius 1 is 1.82 bits per heavy atom. The average molecular weight is 156 g/mol. The number of amides is 2. The summed E-state index contributed by atoms with van der Waals surface area (Å²) in [6, 6.07) is -0.0568. The van der Waals surface area contributed by atoms with Crippen LogP contribution in [0, 0.1) is 5.92 Å². The van der Waals surface area contributed by atoms with E-state index in [1.807, 2.05) is 0 Å². The van der Waals surface area contributed by atoms with Gasteiger partial charge >= 0.3 is 6.03 Å². The van der Waals surface area contributed by atoms with Crippen LogP contribution in [0.3, 0.4) is 0 Å². The molecule has 0 radical (unpaired) electrons. The zero-order valence-electron chi connectivity index (χ0n) is 6.54. The fourth-order valence-corrected chi connectivity index (χ4v) is 1.08. The van der Waals surface area contributed by atoms with Crippen molar-refractivity contribution >= 4 is 12.3 Å². The molecule has 4 heteroatoms. The molecular weight excluding hydrogens is 144 g/mol. The quantitative estimate of drug-likeness (QED) is 0.577. The minimum atomic E-state index is -0.0568.